The molecule has 48 heavy (non-hydrogen) atoms. The zero-order valence-electron chi connectivity index (χ0n) is 26.2. The van der Waals surface area contributed by atoms with Crippen LogP contribution in [0.25, 0.3) is 69.9 Å². The van der Waals surface area contributed by atoms with Crippen LogP contribution in [-0.4, -0.2) is 7.68 Å². The van der Waals surface area contributed by atoms with Crippen LogP contribution in [0.1, 0.15) is 11.1 Å². The summed E-state index contributed by atoms with van der Waals surface area (Å²) in [5.74, 6) is 0. The molecule has 0 saturated heterocycles. The largest absolute Gasteiger partial charge is 0.309 e. The van der Waals surface area contributed by atoms with E-state index in [1.165, 1.54) is 81.0 Å². The average molecular weight is 747 g/mol. The summed E-state index contributed by atoms with van der Waals surface area (Å²) >= 11 is 4.35. The standard InChI is InChI=1S/C44H31IN2S/c45-46(28-30-12-2-1-3-13-30)29-33-14-4-5-17-35(33)31-15-10-16-34(26-31)47-41-22-8-6-18-37(41)40-27-32(24-25-42(40)47)36-20-11-21-39-38-19-7-9-23-43(38)48-44(36)39/h1-27H,28-29H2. The van der Waals surface area contributed by atoms with Gasteiger partial charge in [-0.25, -0.2) is 3.11 Å². The summed E-state index contributed by atoms with van der Waals surface area (Å²) in [6.45, 7) is 1.76. The predicted molar refractivity (Wildman–Crippen MR) is 214 cm³/mol. The molecule has 0 bridgehead atoms. The lowest BCUT2D eigenvalue weighted by molar-refractivity contribution is 0.504. The molecule has 230 valence electrons. The number of aromatic nitrogens is 1. The van der Waals surface area contributed by atoms with E-state index in [-0.39, 0.29) is 0 Å². The molecule has 0 aliphatic rings. The molecule has 4 heteroatoms. The lowest BCUT2D eigenvalue weighted by atomic mass is 9.99. The van der Waals surface area contributed by atoms with Crippen LogP contribution < -0.4 is 0 Å². The van der Waals surface area contributed by atoms with Gasteiger partial charge in [0.1, 0.15) is 0 Å². The van der Waals surface area contributed by atoms with E-state index in [0.29, 0.717) is 0 Å². The number of benzene rings is 7. The van der Waals surface area contributed by atoms with Crippen molar-refractivity contribution in [1.82, 2.24) is 7.68 Å². The van der Waals surface area contributed by atoms with Crippen molar-refractivity contribution in [2.45, 2.75) is 13.1 Å². The first-order chi connectivity index (χ1) is 23.7. The highest BCUT2D eigenvalue weighted by molar-refractivity contribution is 14.1. The second kappa shape index (κ2) is 12.4. The Kier molecular flexibility index (Phi) is 7.57. The zero-order chi connectivity index (χ0) is 32.0. The molecule has 0 atom stereocenters. The molecule has 7 aromatic carbocycles. The summed E-state index contributed by atoms with van der Waals surface area (Å²) in [6.07, 6.45) is 0. The maximum Gasteiger partial charge on any atom is 0.0541 e. The monoisotopic (exact) mass is 746 g/mol. The predicted octanol–water partition coefficient (Wildman–Crippen LogP) is 12.8. The van der Waals surface area contributed by atoms with Gasteiger partial charge in [0.25, 0.3) is 0 Å². The third-order valence-corrected chi connectivity index (χ3v) is 11.3. The Morgan fingerprint density at radius 1 is 0.500 bits per heavy atom. The van der Waals surface area contributed by atoms with Crippen molar-refractivity contribution in [1.29, 1.82) is 0 Å². The van der Waals surface area contributed by atoms with Crippen LogP contribution in [0.3, 0.4) is 0 Å². The Hall–Kier alpha value is -4.75. The van der Waals surface area contributed by atoms with E-state index >= 15 is 0 Å². The molecule has 0 saturated carbocycles. The second-order valence-corrected chi connectivity index (χ2v) is 14.8. The summed E-state index contributed by atoms with van der Waals surface area (Å²) < 4.78 is 7.48. The second-order valence-electron chi connectivity index (χ2n) is 12.3. The number of halogens is 1. The summed E-state index contributed by atoms with van der Waals surface area (Å²) in [7, 11) is 0. The summed E-state index contributed by atoms with van der Waals surface area (Å²) in [6, 6.07) is 59.9. The van der Waals surface area contributed by atoms with Crippen LogP contribution in [0.2, 0.25) is 0 Å². The molecular formula is C44H31IN2S. The van der Waals surface area contributed by atoms with Crippen LogP contribution in [0.4, 0.5) is 0 Å². The Bertz CT molecular complexity index is 2600. The summed E-state index contributed by atoms with van der Waals surface area (Å²) in [5.41, 5.74) is 11.3. The van der Waals surface area contributed by atoms with E-state index in [1.807, 2.05) is 11.3 Å². The fourth-order valence-corrected chi connectivity index (χ4v) is 9.17. The van der Waals surface area contributed by atoms with Crippen molar-refractivity contribution in [3.05, 3.63) is 175 Å². The molecule has 0 unspecified atom stereocenters. The summed E-state index contributed by atoms with van der Waals surface area (Å²) in [5, 5.41) is 5.21. The lowest BCUT2D eigenvalue weighted by Crippen LogP contribution is -2.11. The number of nitrogens with zero attached hydrogens (tertiary/aromatic N) is 2. The van der Waals surface area contributed by atoms with Gasteiger partial charge in [-0.3, -0.25) is 0 Å². The van der Waals surface area contributed by atoms with Gasteiger partial charge in [0, 0.05) is 72.6 Å². The molecule has 0 aliphatic heterocycles. The van der Waals surface area contributed by atoms with Gasteiger partial charge < -0.3 is 4.57 Å². The SMILES string of the molecule is IN(Cc1ccccc1)Cc1ccccc1-c1cccc(-n2c3ccccc3c3cc(-c4cccc5c4sc4ccccc45)ccc32)c1. The number of fused-ring (bicyclic) bond motifs is 6. The van der Waals surface area contributed by atoms with Gasteiger partial charge in [-0.1, -0.05) is 127 Å². The van der Waals surface area contributed by atoms with Gasteiger partial charge in [-0.15, -0.1) is 11.3 Å². The minimum absolute atomic E-state index is 0.862. The maximum atomic E-state index is 2.46. The van der Waals surface area contributed by atoms with Crippen LogP contribution in [-0.2, 0) is 13.1 Å². The minimum Gasteiger partial charge on any atom is -0.309 e. The number of thiophene rings is 1. The van der Waals surface area contributed by atoms with Gasteiger partial charge in [-0.2, -0.15) is 0 Å². The third kappa shape index (κ3) is 5.21. The fraction of sp³-hybridized carbons (Fsp3) is 0.0455. The maximum absolute atomic E-state index is 2.46. The van der Waals surface area contributed by atoms with Crippen molar-refractivity contribution in [3.8, 4) is 27.9 Å². The average Bonchev–Trinajstić information content (AvgIpc) is 3.68. The van der Waals surface area contributed by atoms with E-state index in [2.05, 4.69) is 194 Å². The van der Waals surface area contributed by atoms with Crippen molar-refractivity contribution < 1.29 is 0 Å². The number of hydrogen-bond acceptors (Lipinski definition) is 2. The first-order valence-electron chi connectivity index (χ1n) is 16.3. The molecule has 0 N–H and O–H groups in total. The smallest absolute Gasteiger partial charge is 0.0541 e. The van der Waals surface area contributed by atoms with E-state index in [0.717, 1.165) is 13.1 Å². The van der Waals surface area contributed by atoms with E-state index < -0.39 is 0 Å². The Labute approximate surface area is 298 Å². The number of para-hydroxylation sites is 1. The minimum atomic E-state index is 0.862. The zero-order valence-corrected chi connectivity index (χ0v) is 29.2. The quantitative estimate of drug-likeness (QED) is 0.116. The van der Waals surface area contributed by atoms with Crippen LogP contribution in [0.15, 0.2) is 164 Å². The molecule has 9 aromatic rings. The molecule has 0 aliphatic carbocycles. The van der Waals surface area contributed by atoms with E-state index in [1.54, 1.807) is 0 Å². The van der Waals surface area contributed by atoms with Gasteiger partial charge in [0.15, 0.2) is 0 Å². The molecule has 2 aromatic heterocycles. The van der Waals surface area contributed by atoms with Crippen LogP contribution >= 0.6 is 34.2 Å². The lowest BCUT2D eigenvalue weighted by Gasteiger charge is -2.18. The normalized spacial score (nSPS) is 11.8. The highest BCUT2D eigenvalue weighted by Crippen LogP contribution is 2.42. The molecular weight excluding hydrogens is 715 g/mol. The molecule has 0 spiro atoms. The molecule has 2 nitrogen and oxygen atoms in total. The van der Waals surface area contributed by atoms with Gasteiger partial charge in [-0.05, 0) is 69.8 Å². The van der Waals surface area contributed by atoms with Crippen molar-refractivity contribution >= 4 is 76.2 Å². The summed E-state index contributed by atoms with van der Waals surface area (Å²) in [4.78, 5) is 0. The highest BCUT2D eigenvalue weighted by Gasteiger charge is 2.16. The molecule has 0 fully saturated rings. The topological polar surface area (TPSA) is 8.17 Å². The third-order valence-electron chi connectivity index (χ3n) is 9.36. The van der Waals surface area contributed by atoms with Gasteiger partial charge >= 0.3 is 0 Å². The molecule has 0 amide bonds. The number of rotatable bonds is 7. The molecule has 0 radical (unpaired) electrons. The Balaban J connectivity index is 1.13. The van der Waals surface area contributed by atoms with Crippen LogP contribution in [0, 0.1) is 0 Å². The van der Waals surface area contributed by atoms with Gasteiger partial charge in [0.2, 0.25) is 0 Å². The first-order valence-corrected chi connectivity index (χ1v) is 18.1. The van der Waals surface area contributed by atoms with Crippen molar-refractivity contribution in [2.24, 2.45) is 0 Å². The molecule has 9 rings (SSSR count). The van der Waals surface area contributed by atoms with Crippen LogP contribution in [0.5, 0.6) is 0 Å². The van der Waals surface area contributed by atoms with Gasteiger partial charge in [0.05, 0.1) is 11.0 Å². The molecule has 2 heterocycles. The van der Waals surface area contributed by atoms with Crippen molar-refractivity contribution in [3.63, 3.8) is 0 Å². The Morgan fingerprint density at radius 2 is 1.19 bits per heavy atom. The first kappa shape index (κ1) is 29.4. The van der Waals surface area contributed by atoms with Crippen molar-refractivity contribution in [2.75, 3.05) is 0 Å². The van der Waals surface area contributed by atoms with E-state index in [4.69, 9.17) is 0 Å². The Morgan fingerprint density at radius 3 is 2.10 bits per heavy atom. The number of hydrogen-bond donors (Lipinski definition) is 0. The van der Waals surface area contributed by atoms with E-state index in [9.17, 15) is 0 Å². The fourth-order valence-electron chi connectivity index (χ4n) is 7.17. The highest BCUT2D eigenvalue weighted by atomic mass is 127.